The fourth-order valence-electron chi connectivity index (χ4n) is 2.07. The Morgan fingerprint density at radius 3 is 2.90 bits per heavy atom. The third kappa shape index (κ3) is 2.72. The number of anilines is 1. The summed E-state index contributed by atoms with van der Waals surface area (Å²) in [4.78, 5) is 4.36. The van der Waals surface area contributed by atoms with Gasteiger partial charge in [0, 0.05) is 17.3 Å². The molecular weight excluding hydrogens is 268 g/mol. The smallest absolute Gasteiger partial charge is 0.181 e. The highest BCUT2D eigenvalue weighted by atomic mass is 32.1. The average Bonchev–Trinajstić information content (AvgIpc) is 3.10. The molecule has 0 bridgehead atoms. The molecule has 3 aromatic rings. The molecule has 0 aliphatic heterocycles. The van der Waals surface area contributed by atoms with Gasteiger partial charge < -0.3 is 5.32 Å². The Hall–Kier alpha value is -2.14. The normalized spacial score (nSPS) is 12.3. The van der Waals surface area contributed by atoms with Gasteiger partial charge in [-0.05, 0) is 48.4 Å². The molecule has 1 atom stereocenters. The molecule has 1 aromatic carbocycles. The van der Waals surface area contributed by atoms with Gasteiger partial charge in [0.15, 0.2) is 5.82 Å². The van der Waals surface area contributed by atoms with E-state index in [1.54, 1.807) is 11.3 Å². The number of rotatable bonds is 4. The van der Waals surface area contributed by atoms with Crippen molar-refractivity contribution in [2.24, 2.45) is 0 Å². The molecule has 2 N–H and O–H groups in total. The van der Waals surface area contributed by atoms with Gasteiger partial charge in [-0.3, -0.25) is 5.10 Å². The lowest BCUT2D eigenvalue weighted by Crippen LogP contribution is -2.05. The molecule has 0 aliphatic rings. The largest absolute Gasteiger partial charge is 0.378 e. The van der Waals surface area contributed by atoms with Crippen LogP contribution >= 0.6 is 11.3 Å². The van der Waals surface area contributed by atoms with Crippen molar-refractivity contribution in [1.82, 2.24) is 15.2 Å². The van der Waals surface area contributed by atoms with Gasteiger partial charge in [-0.15, -0.1) is 0 Å². The highest BCUT2D eigenvalue weighted by molar-refractivity contribution is 7.07. The van der Waals surface area contributed by atoms with E-state index in [9.17, 15) is 0 Å². The molecule has 2 aromatic heterocycles. The number of aryl methyl sites for hydroxylation is 1. The van der Waals surface area contributed by atoms with Crippen molar-refractivity contribution in [3.05, 3.63) is 52.5 Å². The van der Waals surface area contributed by atoms with Crippen LogP contribution in [0.1, 0.15) is 24.4 Å². The zero-order valence-corrected chi connectivity index (χ0v) is 12.2. The molecule has 2 heterocycles. The first kappa shape index (κ1) is 12.9. The first-order valence-electron chi connectivity index (χ1n) is 6.50. The zero-order valence-electron chi connectivity index (χ0n) is 11.4. The second kappa shape index (κ2) is 5.46. The maximum atomic E-state index is 4.36. The fraction of sp³-hybridized carbons (Fsp3) is 0.200. The monoisotopic (exact) mass is 284 g/mol. The number of nitrogens with one attached hydrogen (secondary N) is 2. The van der Waals surface area contributed by atoms with Gasteiger partial charge in [0.05, 0.1) is 0 Å². The summed E-state index contributed by atoms with van der Waals surface area (Å²) in [6, 6.07) is 10.6. The summed E-state index contributed by atoms with van der Waals surface area (Å²) in [5.41, 5.74) is 3.38. The van der Waals surface area contributed by atoms with Gasteiger partial charge in [0.1, 0.15) is 5.82 Å². The minimum atomic E-state index is 0.283. The van der Waals surface area contributed by atoms with E-state index in [4.69, 9.17) is 0 Å². The van der Waals surface area contributed by atoms with E-state index in [1.165, 1.54) is 5.56 Å². The van der Waals surface area contributed by atoms with E-state index in [1.807, 2.05) is 19.1 Å². The topological polar surface area (TPSA) is 53.6 Å². The van der Waals surface area contributed by atoms with E-state index >= 15 is 0 Å². The maximum Gasteiger partial charge on any atom is 0.181 e. The van der Waals surface area contributed by atoms with Crippen LogP contribution in [0.4, 0.5) is 5.69 Å². The molecule has 4 nitrogen and oxygen atoms in total. The number of hydrogen-bond donors (Lipinski definition) is 2. The molecule has 0 spiro atoms. The van der Waals surface area contributed by atoms with Crippen molar-refractivity contribution in [3.63, 3.8) is 0 Å². The summed E-state index contributed by atoms with van der Waals surface area (Å²) in [5, 5.41) is 14.8. The van der Waals surface area contributed by atoms with Gasteiger partial charge >= 0.3 is 0 Å². The lowest BCUT2D eigenvalue weighted by atomic mass is 10.1. The van der Waals surface area contributed by atoms with Crippen molar-refractivity contribution in [3.8, 4) is 11.4 Å². The van der Waals surface area contributed by atoms with E-state index in [-0.39, 0.29) is 6.04 Å². The summed E-state index contributed by atoms with van der Waals surface area (Å²) >= 11 is 1.72. The molecule has 0 fully saturated rings. The molecule has 102 valence electrons. The third-order valence-corrected chi connectivity index (χ3v) is 3.85. The minimum Gasteiger partial charge on any atom is -0.378 e. The van der Waals surface area contributed by atoms with E-state index in [2.05, 4.69) is 56.4 Å². The van der Waals surface area contributed by atoms with Crippen LogP contribution in [-0.4, -0.2) is 15.2 Å². The van der Waals surface area contributed by atoms with Crippen LogP contribution in [0.15, 0.2) is 41.1 Å². The fourth-order valence-corrected chi connectivity index (χ4v) is 2.83. The quantitative estimate of drug-likeness (QED) is 0.761. The van der Waals surface area contributed by atoms with Crippen LogP contribution in [0.5, 0.6) is 0 Å². The van der Waals surface area contributed by atoms with Crippen LogP contribution in [-0.2, 0) is 0 Å². The first-order valence-corrected chi connectivity index (χ1v) is 7.45. The predicted molar refractivity (Wildman–Crippen MR) is 82.9 cm³/mol. The number of benzene rings is 1. The maximum absolute atomic E-state index is 4.36. The van der Waals surface area contributed by atoms with Crippen molar-refractivity contribution in [2.45, 2.75) is 19.9 Å². The molecular formula is C15H16N4S. The first-order chi connectivity index (χ1) is 9.72. The van der Waals surface area contributed by atoms with Gasteiger partial charge in [-0.25, -0.2) is 4.98 Å². The standard InChI is InChI=1S/C15H16N4S/c1-10(13-6-7-20-9-13)16-14-5-3-4-12(8-14)15-17-11(2)18-19-15/h3-10,16H,1-2H3,(H,17,18,19). The lowest BCUT2D eigenvalue weighted by Gasteiger charge is -2.14. The van der Waals surface area contributed by atoms with Crippen LogP contribution in [0.25, 0.3) is 11.4 Å². The number of hydrogen-bond acceptors (Lipinski definition) is 4. The van der Waals surface area contributed by atoms with Crippen LogP contribution in [0.3, 0.4) is 0 Å². The van der Waals surface area contributed by atoms with Gasteiger partial charge in [0.2, 0.25) is 0 Å². The molecule has 3 rings (SSSR count). The molecule has 5 heteroatoms. The Balaban J connectivity index is 1.81. The molecule has 0 amide bonds. The van der Waals surface area contributed by atoms with E-state index < -0.39 is 0 Å². The number of thiophene rings is 1. The molecule has 0 aliphatic carbocycles. The summed E-state index contributed by atoms with van der Waals surface area (Å²) in [5.74, 6) is 1.55. The summed E-state index contributed by atoms with van der Waals surface area (Å²) < 4.78 is 0. The highest BCUT2D eigenvalue weighted by Crippen LogP contribution is 2.24. The summed E-state index contributed by atoms with van der Waals surface area (Å²) in [6.45, 7) is 4.06. The van der Waals surface area contributed by atoms with E-state index in [0.29, 0.717) is 0 Å². The number of nitrogens with zero attached hydrogens (tertiary/aromatic N) is 2. The Bertz CT molecular complexity index is 687. The SMILES string of the molecule is Cc1nc(-c2cccc(NC(C)c3ccsc3)c2)n[nH]1. The highest BCUT2D eigenvalue weighted by Gasteiger charge is 2.08. The van der Waals surface area contributed by atoms with Gasteiger partial charge in [0.25, 0.3) is 0 Å². The molecule has 0 saturated carbocycles. The minimum absolute atomic E-state index is 0.283. The van der Waals surface area contributed by atoms with Crippen LogP contribution in [0, 0.1) is 6.92 Å². The van der Waals surface area contributed by atoms with Crippen molar-refractivity contribution >= 4 is 17.0 Å². The predicted octanol–water partition coefficient (Wildman–Crippen LogP) is 4.01. The second-order valence-electron chi connectivity index (χ2n) is 4.75. The van der Waals surface area contributed by atoms with Crippen molar-refractivity contribution < 1.29 is 0 Å². The Kier molecular flexibility index (Phi) is 3.52. The van der Waals surface area contributed by atoms with Crippen molar-refractivity contribution in [2.75, 3.05) is 5.32 Å². The molecule has 0 saturated heterocycles. The average molecular weight is 284 g/mol. The molecule has 0 radical (unpaired) electrons. The van der Waals surface area contributed by atoms with Gasteiger partial charge in [-0.1, -0.05) is 12.1 Å². The van der Waals surface area contributed by atoms with E-state index in [0.717, 1.165) is 22.9 Å². The lowest BCUT2D eigenvalue weighted by molar-refractivity contribution is 0.890. The summed E-state index contributed by atoms with van der Waals surface area (Å²) in [7, 11) is 0. The van der Waals surface area contributed by atoms with Crippen LogP contribution in [0.2, 0.25) is 0 Å². The van der Waals surface area contributed by atoms with Gasteiger partial charge in [-0.2, -0.15) is 16.4 Å². The molecule has 1 unspecified atom stereocenters. The third-order valence-electron chi connectivity index (χ3n) is 3.14. The Labute approximate surface area is 121 Å². The molecule has 20 heavy (non-hydrogen) atoms. The number of aromatic amines is 1. The number of H-pyrrole nitrogens is 1. The Morgan fingerprint density at radius 2 is 2.20 bits per heavy atom. The second-order valence-corrected chi connectivity index (χ2v) is 5.53. The Morgan fingerprint density at radius 1 is 1.30 bits per heavy atom. The van der Waals surface area contributed by atoms with Crippen LogP contribution < -0.4 is 5.32 Å². The van der Waals surface area contributed by atoms with Crippen molar-refractivity contribution in [1.29, 1.82) is 0 Å². The zero-order chi connectivity index (χ0) is 13.9. The summed E-state index contributed by atoms with van der Waals surface area (Å²) in [6.07, 6.45) is 0. The number of aromatic nitrogens is 3.